The molecule has 0 fully saturated rings. The van der Waals surface area contributed by atoms with Gasteiger partial charge in [0.2, 0.25) is 0 Å². The van der Waals surface area contributed by atoms with E-state index >= 15 is 0 Å². The van der Waals surface area contributed by atoms with Crippen molar-refractivity contribution in [3.8, 4) is 5.82 Å². The minimum atomic E-state index is -4.52. The number of amidine groups is 1. The van der Waals surface area contributed by atoms with Crippen molar-refractivity contribution >= 4 is 5.84 Å². The summed E-state index contributed by atoms with van der Waals surface area (Å²) in [5.41, 5.74) is 5.25. The van der Waals surface area contributed by atoms with Crippen LogP contribution in [0.2, 0.25) is 0 Å². The van der Waals surface area contributed by atoms with Gasteiger partial charge < -0.3 is 10.9 Å². The van der Waals surface area contributed by atoms with E-state index in [1.54, 1.807) is 6.92 Å². The quantitative estimate of drug-likeness (QED) is 0.380. The van der Waals surface area contributed by atoms with Crippen molar-refractivity contribution in [1.29, 1.82) is 0 Å². The first kappa shape index (κ1) is 13.8. The van der Waals surface area contributed by atoms with E-state index in [1.807, 2.05) is 0 Å². The number of aromatic nitrogens is 3. The summed E-state index contributed by atoms with van der Waals surface area (Å²) < 4.78 is 38.4. The fraction of sp³-hybridized carbons (Fsp3) is 0.182. The van der Waals surface area contributed by atoms with Crippen LogP contribution in [0.5, 0.6) is 0 Å². The summed E-state index contributed by atoms with van der Waals surface area (Å²) in [5.74, 6) is -0.0259. The molecule has 9 heteroatoms. The molecular weight excluding hydrogens is 275 g/mol. The minimum Gasteiger partial charge on any atom is -0.409 e. The van der Waals surface area contributed by atoms with Crippen molar-refractivity contribution in [2.45, 2.75) is 13.1 Å². The molecule has 0 saturated carbocycles. The Hall–Kier alpha value is -2.58. The minimum absolute atomic E-state index is 0.141. The van der Waals surface area contributed by atoms with E-state index in [1.165, 1.54) is 12.1 Å². The fourth-order valence-corrected chi connectivity index (χ4v) is 1.58. The molecule has 3 N–H and O–H groups in total. The Balaban J connectivity index is 2.48. The van der Waals surface area contributed by atoms with Gasteiger partial charge in [0.1, 0.15) is 0 Å². The van der Waals surface area contributed by atoms with Gasteiger partial charge in [-0.25, -0.2) is 9.67 Å². The first-order valence-electron chi connectivity index (χ1n) is 5.41. The van der Waals surface area contributed by atoms with Crippen molar-refractivity contribution < 1.29 is 18.4 Å². The maximum absolute atomic E-state index is 12.5. The number of nitrogens with two attached hydrogens (primary N) is 1. The Labute approximate surface area is 111 Å². The average Bonchev–Trinajstić information content (AvgIpc) is 2.86. The third-order valence-corrected chi connectivity index (χ3v) is 2.46. The third-order valence-electron chi connectivity index (χ3n) is 2.46. The number of oxime groups is 1. The van der Waals surface area contributed by atoms with Crippen LogP contribution in [-0.2, 0) is 6.18 Å². The molecule has 20 heavy (non-hydrogen) atoms. The first-order chi connectivity index (χ1) is 9.31. The van der Waals surface area contributed by atoms with E-state index in [-0.39, 0.29) is 11.7 Å². The van der Waals surface area contributed by atoms with E-state index in [0.717, 1.165) is 16.9 Å². The molecule has 6 nitrogen and oxygen atoms in total. The van der Waals surface area contributed by atoms with Crippen molar-refractivity contribution in [2.24, 2.45) is 10.9 Å². The molecule has 0 aliphatic carbocycles. The SMILES string of the molecule is Cc1cc(/C(N)=N/O)cc(-n2ccc(C(F)(F)F)n2)n1. The van der Waals surface area contributed by atoms with E-state index in [2.05, 4.69) is 15.2 Å². The smallest absolute Gasteiger partial charge is 0.409 e. The fourth-order valence-electron chi connectivity index (χ4n) is 1.58. The van der Waals surface area contributed by atoms with E-state index in [9.17, 15) is 13.2 Å². The molecule has 0 bridgehead atoms. The molecular formula is C11H10F3N5O. The highest BCUT2D eigenvalue weighted by molar-refractivity contribution is 5.97. The maximum atomic E-state index is 12.5. The van der Waals surface area contributed by atoms with Gasteiger partial charge in [-0.15, -0.1) is 0 Å². The van der Waals surface area contributed by atoms with Crippen LogP contribution < -0.4 is 5.73 Å². The highest BCUT2D eigenvalue weighted by atomic mass is 19.4. The molecule has 0 aliphatic rings. The molecule has 0 atom stereocenters. The van der Waals surface area contributed by atoms with Gasteiger partial charge in [-0.2, -0.15) is 18.3 Å². The Morgan fingerprint density at radius 2 is 2.10 bits per heavy atom. The second-order valence-electron chi connectivity index (χ2n) is 3.98. The zero-order valence-corrected chi connectivity index (χ0v) is 10.3. The lowest BCUT2D eigenvalue weighted by Gasteiger charge is -2.06. The topological polar surface area (TPSA) is 89.3 Å². The first-order valence-corrected chi connectivity index (χ1v) is 5.41. The molecule has 0 saturated heterocycles. The normalized spacial score (nSPS) is 12.7. The number of hydrogen-bond acceptors (Lipinski definition) is 4. The molecule has 0 unspecified atom stereocenters. The third kappa shape index (κ3) is 2.71. The average molecular weight is 285 g/mol. The predicted octanol–water partition coefficient (Wildman–Crippen LogP) is 1.69. The number of pyridine rings is 1. The Morgan fingerprint density at radius 1 is 1.40 bits per heavy atom. The lowest BCUT2D eigenvalue weighted by atomic mass is 10.2. The maximum Gasteiger partial charge on any atom is 0.435 e. The molecule has 0 aromatic carbocycles. The van der Waals surface area contributed by atoms with Gasteiger partial charge in [-0.3, -0.25) is 0 Å². The van der Waals surface area contributed by atoms with E-state index < -0.39 is 11.9 Å². The highest BCUT2D eigenvalue weighted by Gasteiger charge is 2.33. The highest BCUT2D eigenvalue weighted by Crippen LogP contribution is 2.27. The summed E-state index contributed by atoms with van der Waals surface area (Å²) in [5, 5.41) is 14.9. The summed E-state index contributed by atoms with van der Waals surface area (Å²) in [6.45, 7) is 1.63. The van der Waals surface area contributed by atoms with E-state index in [4.69, 9.17) is 10.9 Å². The standard InChI is InChI=1S/C11H10F3N5O/c1-6-4-7(10(15)18-20)5-9(16-6)19-3-2-8(17-19)11(12,13)14/h2-5,20H,1H3,(H2,15,18). The van der Waals surface area contributed by atoms with Gasteiger partial charge in [0.15, 0.2) is 17.3 Å². The Bertz CT molecular complexity index is 662. The lowest BCUT2D eigenvalue weighted by molar-refractivity contribution is -0.141. The van der Waals surface area contributed by atoms with E-state index in [0.29, 0.717) is 11.3 Å². The van der Waals surface area contributed by atoms with Crippen LogP contribution in [0, 0.1) is 6.92 Å². The summed E-state index contributed by atoms with van der Waals surface area (Å²) in [4.78, 5) is 4.06. The second-order valence-corrected chi connectivity index (χ2v) is 3.98. The number of nitrogens with zero attached hydrogens (tertiary/aromatic N) is 4. The van der Waals surface area contributed by atoms with Crippen molar-refractivity contribution in [1.82, 2.24) is 14.8 Å². The monoisotopic (exact) mass is 285 g/mol. The molecule has 0 amide bonds. The van der Waals surface area contributed by atoms with Crippen LogP contribution in [0.3, 0.4) is 0 Å². The van der Waals surface area contributed by atoms with Crippen LogP contribution in [0.15, 0.2) is 29.6 Å². The molecule has 0 aliphatic heterocycles. The van der Waals surface area contributed by atoms with Crippen molar-refractivity contribution in [2.75, 3.05) is 0 Å². The summed E-state index contributed by atoms with van der Waals surface area (Å²) in [7, 11) is 0. The van der Waals surface area contributed by atoms with Gasteiger partial charge in [-0.05, 0) is 25.1 Å². The largest absolute Gasteiger partial charge is 0.435 e. The molecule has 2 aromatic rings. The molecule has 0 radical (unpaired) electrons. The van der Waals surface area contributed by atoms with Crippen molar-refractivity contribution in [3.05, 3.63) is 41.3 Å². The van der Waals surface area contributed by atoms with Gasteiger partial charge in [0.25, 0.3) is 0 Å². The molecule has 0 spiro atoms. The van der Waals surface area contributed by atoms with Crippen LogP contribution in [-0.4, -0.2) is 25.8 Å². The van der Waals surface area contributed by atoms with Crippen LogP contribution >= 0.6 is 0 Å². The van der Waals surface area contributed by atoms with Gasteiger partial charge in [0, 0.05) is 17.5 Å². The molecule has 2 aromatic heterocycles. The number of rotatable bonds is 2. The predicted molar refractivity (Wildman–Crippen MR) is 63.6 cm³/mol. The number of halogens is 3. The molecule has 2 rings (SSSR count). The Kier molecular flexibility index (Phi) is 3.35. The van der Waals surface area contributed by atoms with Gasteiger partial charge in [-0.1, -0.05) is 5.16 Å². The number of hydrogen-bond donors (Lipinski definition) is 2. The van der Waals surface area contributed by atoms with Crippen LogP contribution in [0.1, 0.15) is 17.0 Å². The number of aryl methyl sites for hydroxylation is 1. The summed E-state index contributed by atoms with van der Waals surface area (Å²) >= 11 is 0. The summed E-state index contributed by atoms with van der Waals surface area (Å²) in [6, 6.07) is 3.75. The zero-order valence-electron chi connectivity index (χ0n) is 10.3. The van der Waals surface area contributed by atoms with Crippen LogP contribution in [0.25, 0.3) is 5.82 Å². The lowest BCUT2D eigenvalue weighted by Crippen LogP contribution is -2.15. The summed E-state index contributed by atoms with van der Waals surface area (Å²) in [6.07, 6.45) is -3.38. The number of alkyl halides is 3. The molecule has 106 valence electrons. The zero-order chi connectivity index (χ0) is 14.9. The molecule has 2 heterocycles. The Morgan fingerprint density at radius 3 is 2.65 bits per heavy atom. The van der Waals surface area contributed by atoms with Gasteiger partial charge in [0.05, 0.1) is 0 Å². The second kappa shape index (κ2) is 4.83. The van der Waals surface area contributed by atoms with Gasteiger partial charge >= 0.3 is 6.18 Å². The van der Waals surface area contributed by atoms with Crippen molar-refractivity contribution in [3.63, 3.8) is 0 Å². The van der Waals surface area contributed by atoms with Crippen LogP contribution in [0.4, 0.5) is 13.2 Å².